The van der Waals surface area contributed by atoms with Crippen molar-refractivity contribution in [1.82, 2.24) is 4.90 Å². The maximum absolute atomic E-state index is 13.5. The maximum Gasteiger partial charge on any atom is 0.223 e. The van der Waals surface area contributed by atoms with Crippen molar-refractivity contribution in [3.8, 4) is 11.8 Å². The summed E-state index contributed by atoms with van der Waals surface area (Å²) in [4.78, 5) is 13.6. The van der Waals surface area contributed by atoms with Gasteiger partial charge in [0, 0.05) is 25.1 Å². The minimum absolute atomic E-state index is 0.129. The van der Waals surface area contributed by atoms with Crippen molar-refractivity contribution in [2.24, 2.45) is 5.92 Å². The van der Waals surface area contributed by atoms with E-state index in [1.807, 2.05) is 0 Å². The fourth-order valence-electron chi connectivity index (χ4n) is 2.46. The van der Waals surface area contributed by atoms with E-state index in [0.717, 1.165) is 18.5 Å². The summed E-state index contributed by atoms with van der Waals surface area (Å²) in [6.45, 7) is 2.98. The summed E-state index contributed by atoms with van der Waals surface area (Å²) in [5, 5.41) is 8.67. The fraction of sp³-hybridized carbons (Fsp3) is 0.438. The van der Waals surface area contributed by atoms with Gasteiger partial charge in [-0.3, -0.25) is 4.79 Å². The smallest absolute Gasteiger partial charge is 0.223 e. The van der Waals surface area contributed by atoms with Crippen molar-refractivity contribution >= 4 is 5.91 Å². The van der Waals surface area contributed by atoms with Gasteiger partial charge in [0.25, 0.3) is 0 Å². The number of benzene rings is 1. The Morgan fingerprint density at radius 3 is 2.90 bits per heavy atom. The normalized spacial score (nSPS) is 18.1. The van der Waals surface area contributed by atoms with Gasteiger partial charge >= 0.3 is 0 Å². The van der Waals surface area contributed by atoms with Crippen LogP contribution in [0.25, 0.3) is 0 Å². The second-order valence-electron chi connectivity index (χ2n) is 5.06. The summed E-state index contributed by atoms with van der Waals surface area (Å²) < 4.78 is 13.5. The van der Waals surface area contributed by atoms with E-state index < -0.39 is 0 Å². The van der Waals surface area contributed by atoms with E-state index in [1.165, 1.54) is 12.1 Å². The van der Waals surface area contributed by atoms with Crippen LogP contribution in [-0.2, 0) is 11.3 Å². The van der Waals surface area contributed by atoms with Crippen LogP contribution in [0, 0.1) is 23.6 Å². The molecule has 1 aromatic rings. The number of nitrogens with zero attached hydrogens (tertiary/aromatic N) is 1. The standard InChI is InChI=1S/C16H18FNO2/c1-2-12-9-16(20)18(10-12)11-14-6-13(4-3-5-19)7-15(17)8-14/h6-8,12,19H,2,5,9-11H2,1H3. The van der Waals surface area contributed by atoms with E-state index in [9.17, 15) is 9.18 Å². The lowest BCUT2D eigenvalue weighted by Crippen LogP contribution is -2.24. The highest BCUT2D eigenvalue weighted by Gasteiger charge is 2.28. The molecule has 1 fully saturated rings. The van der Waals surface area contributed by atoms with Crippen LogP contribution in [0.3, 0.4) is 0 Å². The Labute approximate surface area is 118 Å². The lowest BCUT2D eigenvalue weighted by Gasteiger charge is -2.16. The third-order valence-electron chi connectivity index (χ3n) is 3.51. The summed E-state index contributed by atoms with van der Waals surface area (Å²) in [6.07, 6.45) is 1.57. The molecule has 1 N–H and O–H groups in total. The molecular weight excluding hydrogens is 257 g/mol. The number of hydrogen-bond acceptors (Lipinski definition) is 2. The van der Waals surface area contributed by atoms with E-state index in [4.69, 9.17) is 5.11 Å². The van der Waals surface area contributed by atoms with Crippen molar-refractivity contribution in [2.45, 2.75) is 26.3 Å². The van der Waals surface area contributed by atoms with Crippen molar-refractivity contribution in [1.29, 1.82) is 0 Å². The number of amides is 1. The van der Waals surface area contributed by atoms with Crippen LogP contribution in [0.15, 0.2) is 18.2 Å². The van der Waals surface area contributed by atoms with Gasteiger partial charge in [0.1, 0.15) is 12.4 Å². The number of carbonyl (C=O) groups excluding carboxylic acids is 1. The number of rotatable bonds is 3. The Bertz CT molecular complexity index is 559. The first kappa shape index (κ1) is 14.5. The van der Waals surface area contributed by atoms with E-state index in [0.29, 0.717) is 24.4 Å². The Kier molecular flexibility index (Phi) is 4.75. The molecular formula is C16H18FNO2. The van der Waals surface area contributed by atoms with Crippen LogP contribution < -0.4 is 0 Å². The average Bonchev–Trinajstić information content (AvgIpc) is 2.76. The Hall–Kier alpha value is -1.86. The van der Waals surface area contributed by atoms with Crippen LogP contribution in [0.4, 0.5) is 4.39 Å². The molecule has 0 aliphatic carbocycles. The second kappa shape index (κ2) is 6.53. The SMILES string of the molecule is CCC1CC(=O)N(Cc2cc(F)cc(C#CCO)c2)C1. The van der Waals surface area contributed by atoms with Crippen molar-refractivity contribution in [3.63, 3.8) is 0 Å². The predicted octanol–water partition coefficient (Wildman–Crippen LogP) is 1.93. The Morgan fingerprint density at radius 2 is 2.25 bits per heavy atom. The van der Waals surface area contributed by atoms with Crippen LogP contribution in [0.2, 0.25) is 0 Å². The van der Waals surface area contributed by atoms with Crippen LogP contribution in [-0.4, -0.2) is 29.1 Å². The quantitative estimate of drug-likeness (QED) is 0.856. The molecule has 1 aliphatic heterocycles. The Morgan fingerprint density at radius 1 is 1.45 bits per heavy atom. The monoisotopic (exact) mass is 275 g/mol. The lowest BCUT2D eigenvalue weighted by molar-refractivity contribution is -0.128. The van der Waals surface area contributed by atoms with Crippen molar-refractivity contribution in [3.05, 3.63) is 35.1 Å². The molecule has 1 aliphatic rings. The molecule has 3 nitrogen and oxygen atoms in total. The van der Waals surface area contributed by atoms with Gasteiger partial charge in [0.05, 0.1) is 0 Å². The summed E-state index contributed by atoms with van der Waals surface area (Å²) >= 11 is 0. The van der Waals surface area contributed by atoms with Crippen LogP contribution >= 0.6 is 0 Å². The minimum atomic E-state index is -0.372. The number of hydrogen-bond donors (Lipinski definition) is 1. The molecule has 0 saturated carbocycles. The second-order valence-corrected chi connectivity index (χ2v) is 5.06. The van der Waals surface area contributed by atoms with Gasteiger partial charge in [-0.25, -0.2) is 4.39 Å². The summed E-state index contributed by atoms with van der Waals surface area (Å²) in [5.41, 5.74) is 1.25. The first-order valence-electron chi connectivity index (χ1n) is 6.79. The number of halogens is 1. The van der Waals surface area contributed by atoms with Gasteiger partial charge in [-0.1, -0.05) is 25.2 Å². The minimum Gasteiger partial charge on any atom is -0.384 e. The van der Waals surface area contributed by atoms with Crippen molar-refractivity contribution < 1.29 is 14.3 Å². The molecule has 0 spiro atoms. The topological polar surface area (TPSA) is 40.5 Å². The van der Waals surface area contributed by atoms with E-state index in [-0.39, 0.29) is 18.3 Å². The highest BCUT2D eigenvalue weighted by atomic mass is 19.1. The van der Waals surface area contributed by atoms with E-state index in [1.54, 1.807) is 11.0 Å². The molecule has 1 aromatic carbocycles. The highest BCUT2D eigenvalue weighted by Crippen LogP contribution is 2.23. The average molecular weight is 275 g/mol. The molecule has 1 heterocycles. The van der Waals surface area contributed by atoms with E-state index >= 15 is 0 Å². The third kappa shape index (κ3) is 3.58. The van der Waals surface area contributed by atoms with Crippen LogP contribution in [0.5, 0.6) is 0 Å². The largest absolute Gasteiger partial charge is 0.384 e. The van der Waals surface area contributed by atoms with Gasteiger partial charge < -0.3 is 10.0 Å². The zero-order valence-electron chi connectivity index (χ0n) is 11.5. The maximum atomic E-state index is 13.5. The molecule has 1 atom stereocenters. The number of aliphatic hydroxyl groups excluding tert-OH is 1. The molecule has 0 aromatic heterocycles. The first-order chi connectivity index (χ1) is 9.62. The predicted molar refractivity (Wildman–Crippen MR) is 74.2 cm³/mol. The van der Waals surface area contributed by atoms with E-state index in [2.05, 4.69) is 18.8 Å². The number of carbonyl (C=O) groups is 1. The number of aliphatic hydroxyl groups is 1. The van der Waals surface area contributed by atoms with Gasteiger partial charge in [0.2, 0.25) is 5.91 Å². The molecule has 106 valence electrons. The first-order valence-corrected chi connectivity index (χ1v) is 6.79. The Balaban J connectivity index is 2.13. The molecule has 1 saturated heterocycles. The molecule has 0 radical (unpaired) electrons. The summed E-state index contributed by atoms with van der Waals surface area (Å²) in [5.74, 6) is 5.35. The zero-order chi connectivity index (χ0) is 14.5. The van der Waals surface area contributed by atoms with Crippen LogP contribution in [0.1, 0.15) is 30.9 Å². The molecule has 2 rings (SSSR count). The van der Waals surface area contributed by atoms with Gasteiger partial charge in [-0.2, -0.15) is 0 Å². The van der Waals surface area contributed by atoms with Crippen molar-refractivity contribution in [2.75, 3.05) is 13.2 Å². The summed E-state index contributed by atoms with van der Waals surface area (Å²) in [6, 6.07) is 4.52. The van der Waals surface area contributed by atoms with Gasteiger partial charge in [-0.15, -0.1) is 0 Å². The molecule has 0 bridgehead atoms. The molecule has 4 heteroatoms. The van der Waals surface area contributed by atoms with Gasteiger partial charge in [-0.05, 0) is 29.7 Å². The fourth-order valence-corrected chi connectivity index (χ4v) is 2.46. The molecule has 1 amide bonds. The number of likely N-dealkylation sites (tertiary alicyclic amines) is 1. The third-order valence-corrected chi connectivity index (χ3v) is 3.51. The molecule has 20 heavy (non-hydrogen) atoms. The summed E-state index contributed by atoms with van der Waals surface area (Å²) in [7, 11) is 0. The zero-order valence-corrected chi connectivity index (χ0v) is 11.5. The highest BCUT2D eigenvalue weighted by molar-refractivity contribution is 5.78. The van der Waals surface area contributed by atoms with Gasteiger partial charge in [0.15, 0.2) is 0 Å². The molecule has 1 unspecified atom stereocenters. The lowest BCUT2D eigenvalue weighted by atomic mass is 10.1.